The molecule has 0 aliphatic carbocycles. The van der Waals surface area contributed by atoms with Crippen LogP contribution < -0.4 is 4.90 Å². The van der Waals surface area contributed by atoms with Gasteiger partial charge in [-0.1, -0.05) is 24.6 Å². The molecule has 1 saturated heterocycles. The highest BCUT2D eigenvalue weighted by Crippen LogP contribution is 2.31. The highest BCUT2D eigenvalue weighted by atomic mass is 19.4. The summed E-state index contributed by atoms with van der Waals surface area (Å²) in [7, 11) is 0. The first-order chi connectivity index (χ1) is 12.3. The summed E-state index contributed by atoms with van der Waals surface area (Å²) >= 11 is 0. The molecule has 0 amide bonds. The van der Waals surface area contributed by atoms with E-state index in [1.54, 1.807) is 6.07 Å². The van der Waals surface area contributed by atoms with Gasteiger partial charge in [0.05, 0.1) is 5.56 Å². The van der Waals surface area contributed by atoms with Crippen molar-refractivity contribution in [3.05, 3.63) is 41.5 Å². The molecule has 1 atom stereocenters. The van der Waals surface area contributed by atoms with Crippen LogP contribution in [0.1, 0.15) is 45.6 Å². The Hall–Kier alpha value is -1.49. The van der Waals surface area contributed by atoms with E-state index in [1.165, 1.54) is 30.5 Å². The lowest BCUT2D eigenvalue weighted by Crippen LogP contribution is -2.46. The Morgan fingerprint density at radius 3 is 2.42 bits per heavy atom. The van der Waals surface area contributed by atoms with Crippen LogP contribution >= 0.6 is 0 Å². The van der Waals surface area contributed by atoms with Crippen LogP contribution in [0, 0.1) is 5.92 Å². The van der Waals surface area contributed by atoms with Crippen molar-refractivity contribution in [2.75, 3.05) is 37.6 Å². The molecule has 5 heteroatoms. The summed E-state index contributed by atoms with van der Waals surface area (Å²) in [6, 6.07) is 5.67. The molecule has 1 heterocycles. The van der Waals surface area contributed by atoms with Crippen molar-refractivity contribution in [2.24, 2.45) is 5.92 Å². The van der Waals surface area contributed by atoms with Gasteiger partial charge in [0.25, 0.3) is 0 Å². The second kappa shape index (κ2) is 9.45. The third-order valence-electron chi connectivity index (χ3n) is 5.06. The van der Waals surface area contributed by atoms with Crippen LogP contribution in [0.15, 0.2) is 35.9 Å². The number of rotatable bonds is 7. The van der Waals surface area contributed by atoms with Crippen molar-refractivity contribution < 1.29 is 13.2 Å². The molecule has 0 radical (unpaired) electrons. The summed E-state index contributed by atoms with van der Waals surface area (Å²) in [5, 5.41) is 0. The average molecular weight is 368 g/mol. The van der Waals surface area contributed by atoms with Gasteiger partial charge in [-0.05, 0) is 63.8 Å². The normalized spacial score (nSPS) is 17.2. The standard InChI is InChI=1S/C21H31F3N2/c1-17(2)6-4-7-18(3)10-11-25-12-14-26(15-13-25)20-9-5-8-19(16-20)21(22,23)24/h5-6,8-9,16,18H,4,7,10-15H2,1-3H3/t18-/m1/s1. The van der Waals surface area contributed by atoms with Crippen molar-refractivity contribution in [1.82, 2.24) is 4.90 Å². The van der Waals surface area contributed by atoms with Crippen LogP contribution in [0.5, 0.6) is 0 Å². The van der Waals surface area contributed by atoms with E-state index >= 15 is 0 Å². The van der Waals surface area contributed by atoms with E-state index in [4.69, 9.17) is 0 Å². The van der Waals surface area contributed by atoms with Crippen molar-refractivity contribution >= 4 is 5.69 Å². The number of halogens is 3. The van der Waals surface area contributed by atoms with E-state index in [-0.39, 0.29) is 0 Å². The van der Waals surface area contributed by atoms with Gasteiger partial charge < -0.3 is 4.90 Å². The van der Waals surface area contributed by atoms with E-state index < -0.39 is 11.7 Å². The first kappa shape index (κ1) is 20.8. The Morgan fingerprint density at radius 1 is 1.12 bits per heavy atom. The average Bonchev–Trinajstić information content (AvgIpc) is 2.59. The molecule has 0 saturated carbocycles. The molecule has 2 rings (SSSR count). The van der Waals surface area contributed by atoms with Crippen LogP contribution in [0.25, 0.3) is 0 Å². The molecule has 1 aromatic rings. The summed E-state index contributed by atoms with van der Waals surface area (Å²) in [5.41, 5.74) is 1.49. The van der Waals surface area contributed by atoms with Crippen LogP contribution in [-0.4, -0.2) is 37.6 Å². The monoisotopic (exact) mass is 368 g/mol. The van der Waals surface area contributed by atoms with Gasteiger partial charge in [-0.3, -0.25) is 4.90 Å². The summed E-state index contributed by atoms with van der Waals surface area (Å²) < 4.78 is 38.6. The zero-order chi connectivity index (χ0) is 19.2. The Morgan fingerprint density at radius 2 is 1.81 bits per heavy atom. The molecule has 0 spiro atoms. The molecule has 0 bridgehead atoms. The minimum atomic E-state index is -4.28. The van der Waals surface area contributed by atoms with Gasteiger partial charge in [-0.15, -0.1) is 0 Å². The van der Waals surface area contributed by atoms with E-state index in [0.717, 1.165) is 45.2 Å². The third kappa shape index (κ3) is 6.67. The molecule has 1 aliphatic heterocycles. The minimum Gasteiger partial charge on any atom is -0.369 e. The lowest BCUT2D eigenvalue weighted by molar-refractivity contribution is -0.137. The van der Waals surface area contributed by atoms with Crippen LogP contribution in [0.2, 0.25) is 0 Å². The van der Waals surface area contributed by atoms with E-state index in [2.05, 4.69) is 36.6 Å². The molecular weight excluding hydrogens is 337 g/mol. The smallest absolute Gasteiger partial charge is 0.369 e. The Bertz CT molecular complexity index is 583. The summed E-state index contributed by atoms with van der Waals surface area (Å²) in [5.74, 6) is 0.701. The molecule has 0 N–H and O–H groups in total. The van der Waals surface area contributed by atoms with Gasteiger partial charge in [0.15, 0.2) is 0 Å². The predicted molar refractivity (Wildman–Crippen MR) is 103 cm³/mol. The molecule has 1 fully saturated rings. The maximum atomic E-state index is 12.9. The fourth-order valence-corrected chi connectivity index (χ4v) is 3.31. The van der Waals surface area contributed by atoms with Crippen LogP contribution in [-0.2, 0) is 6.18 Å². The number of nitrogens with zero attached hydrogens (tertiary/aromatic N) is 2. The Balaban J connectivity index is 1.76. The van der Waals surface area contributed by atoms with Gasteiger partial charge in [0, 0.05) is 31.9 Å². The minimum absolute atomic E-state index is 0.567. The van der Waals surface area contributed by atoms with E-state index in [9.17, 15) is 13.2 Å². The molecule has 1 aliphatic rings. The van der Waals surface area contributed by atoms with Crippen molar-refractivity contribution in [1.29, 1.82) is 0 Å². The predicted octanol–water partition coefficient (Wildman–Crippen LogP) is 5.60. The third-order valence-corrected chi connectivity index (χ3v) is 5.06. The molecule has 0 aromatic heterocycles. The maximum Gasteiger partial charge on any atom is 0.416 e. The quantitative estimate of drug-likeness (QED) is 0.578. The second-order valence-corrected chi connectivity index (χ2v) is 7.63. The largest absolute Gasteiger partial charge is 0.416 e. The Kier molecular flexibility index (Phi) is 7.56. The van der Waals surface area contributed by atoms with Crippen molar-refractivity contribution in [2.45, 2.75) is 46.2 Å². The van der Waals surface area contributed by atoms with Crippen molar-refractivity contribution in [3.8, 4) is 0 Å². The highest BCUT2D eigenvalue weighted by Gasteiger charge is 2.31. The number of alkyl halides is 3. The van der Waals surface area contributed by atoms with E-state index in [1.807, 2.05) is 0 Å². The number of hydrogen-bond donors (Lipinski definition) is 0. The molecule has 26 heavy (non-hydrogen) atoms. The number of allylic oxidation sites excluding steroid dienone is 2. The number of anilines is 1. The van der Waals surface area contributed by atoms with Crippen molar-refractivity contribution in [3.63, 3.8) is 0 Å². The molecule has 0 unspecified atom stereocenters. The number of piperazine rings is 1. The number of benzene rings is 1. The van der Waals surface area contributed by atoms with E-state index in [0.29, 0.717) is 11.6 Å². The fraction of sp³-hybridized carbons (Fsp3) is 0.619. The lowest BCUT2D eigenvalue weighted by atomic mass is 10.0. The first-order valence-corrected chi connectivity index (χ1v) is 9.53. The van der Waals surface area contributed by atoms with Gasteiger partial charge in [0.2, 0.25) is 0 Å². The second-order valence-electron chi connectivity index (χ2n) is 7.63. The molecular formula is C21H31F3N2. The fourth-order valence-electron chi connectivity index (χ4n) is 3.31. The maximum absolute atomic E-state index is 12.9. The van der Waals surface area contributed by atoms with Crippen LogP contribution in [0.3, 0.4) is 0 Å². The summed E-state index contributed by atoms with van der Waals surface area (Å²) in [6.45, 7) is 11.0. The Labute approximate surface area is 155 Å². The molecule has 1 aromatic carbocycles. The first-order valence-electron chi connectivity index (χ1n) is 9.53. The van der Waals surface area contributed by atoms with Gasteiger partial charge in [0.1, 0.15) is 0 Å². The van der Waals surface area contributed by atoms with Gasteiger partial charge >= 0.3 is 6.18 Å². The number of hydrogen-bond acceptors (Lipinski definition) is 2. The topological polar surface area (TPSA) is 6.48 Å². The summed E-state index contributed by atoms with van der Waals surface area (Å²) in [6.07, 6.45) is 1.56. The van der Waals surface area contributed by atoms with Gasteiger partial charge in [-0.2, -0.15) is 13.2 Å². The van der Waals surface area contributed by atoms with Crippen LogP contribution in [0.4, 0.5) is 18.9 Å². The molecule has 146 valence electrons. The molecule has 2 nitrogen and oxygen atoms in total. The zero-order valence-electron chi connectivity index (χ0n) is 16.1. The summed E-state index contributed by atoms with van der Waals surface area (Å²) in [4.78, 5) is 4.49. The zero-order valence-corrected chi connectivity index (χ0v) is 16.1. The highest BCUT2D eigenvalue weighted by molar-refractivity contribution is 5.49. The van der Waals surface area contributed by atoms with Gasteiger partial charge in [-0.25, -0.2) is 0 Å². The lowest BCUT2D eigenvalue weighted by Gasteiger charge is -2.36. The SMILES string of the molecule is CC(C)=CCC[C@@H](C)CCN1CCN(c2cccc(C(F)(F)F)c2)CC1.